The first-order valence-corrected chi connectivity index (χ1v) is 6.61. The lowest BCUT2D eigenvalue weighted by Gasteiger charge is -2.24. The van der Waals surface area contributed by atoms with Crippen LogP contribution in [0.1, 0.15) is 23.6 Å². The van der Waals surface area contributed by atoms with Crippen LogP contribution in [0.15, 0.2) is 24.3 Å². The molecule has 0 aliphatic carbocycles. The zero-order valence-corrected chi connectivity index (χ0v) is 11.5. The molecule has 0 bridgehead atoms. The number of carbonyl (C=O) groups excluding carboxylic acids is 1. The lowest BCUT2D eigenvalue weighted by atomic mass is 10.0. The van der Waals surface area contributed by atoms with Gasteiger partial charge in [-0.25, -0.2) is 0 Å². The van der Waals surface area contributed by atoms with Crippen molar-refractivity contribution in [2.45, 2.75) is 24.7 Å². The molecule has 116 valence electrons. The molecule has 7 heteroatoms. The second kappa shape index (κ2) is 6.03. The Morgan fingerprint density at radius 1 is 1.48 bits per heavy atom. The summed E-state index contributed by atoms with van der Waals surface area (Å²) in [7, 11) is 1.49. The van der Waals surface area contributed by atoms with E-state index in [1.165, 1.54) is 13.1 Å². The quantitative estimate of drug-likeness (QED) is 0.891. The molecule has 2 rings (SSSR count). The van der Waals surface area contributed by atoms with Crippen molar-refractivity contribution in [1.29, 1.82) is 0 Å². The summed E-state index contributed by atoms with van der Waals surface area (Å²) in [6.45, 7) is 0.322. The van der Waals surface area contributed by atoms with Crippen molar-refractivity contribution in [3.05, 3.63) is 35.4 Å². The molecule has 0 saturated carbocycles. The van der Waals surface area contributed by atoms with E-state index >= 15 is 0 Å². The number of hydrogen-bond acceptors (Lipinski definition) is 3. The van der Waals surface area contributed by atoms with Gasteiger partial charge in [0.2, 0.25) is 5.91 Å². The first kappa shape index (κ1) is 15.8. The van der Waals surface area contributed by atoms with Crippen molar-refractivity contribution in [3.63, 3.8) is 0 Å². The summed E-state index contributed by atoms with van der Waals surface area (Å²) in [5.41, 5.74) is -0.258. The van der Waals surface area contributed by atoms with E-state index in [1.54, 1.807) is 11.0 Å². The highest BCUT2D eigenvalue weighted by Crippen LogP contribution is 2.35. The first-order chi connectivity index (χ1) is 9.81. The van der Waals surface area contributed by atoms with Gasteiger partial charge >= 0.3 is 6.18 Å². The van der Waals surface area contributed by atoms with Gasteiger partial charge in [-0.05, 0) is 24.1 Å². The normalized spacial score (nSPS) is 23.3. The highest BCUT2D eigenvalue weighted by Gasteiger charge is 2.35. The third-order valence-electron chi connectivity index (χ3n) is 3.61. The van der Waals surface area contributed by atoms with Crippen LogP contribution in [-0.2, 0) is 11.0 Å². The number of hydrogen-bond donors (Lipinski definition) is 2. The Morgan fingerprint density at radius 2 is 2.19 bits per heavy atom. The molecule has 0 spiro atoms. The second-order valence-corrected chi connectivity index (χ2v) is 5.13. The smallest absolute Gasteiger partial charge is 0.392 e. The predicted molar refractivity (Wildman–Crippen MR) is 70.4 cm³/mol. The predicted octanol–water partition coefficient (Wildman–Crippen LogP) is 1.56. The average molecular weight is 302 g/mol. The van der Waals surface area contributed by atoms with Gasteiger partial charge in [0.15, 0.2) is 0 Å². The SMILES string of the molecule is CNC(=O)CN1CC(O)CC1c1cccc(C(F)(F)F)c1. The number of carbonyl (C=O) groups is 1. The maximum absolute atomic E-state index is 12.8. The van der Waals surface area contributed by atoms with Gasteiger partial charge < -0.3 is 10.4 Å². The number of likely N-dealkylation sites (N-methyl/N-ethyl adjacent to an activating group) is 1. The molecule has 1 fully saturated rings. The van der Waals surface area contributed by atoms with Crippen molar-refractivity contribution in [2.75, 3.05) is 20.1 Å². The van der Waals surface area contributed by atoms with E-state index in [2.05, 4.69) is 5.32 Å². The van der Waals surface area contributed by atoms with Crippen LogP contribution in [0.4, 0.5) is 13.2 Å². The summed E-state index contributed by atoms with van der Waals surface area (Å²) in [5.74, 6) is -0.235. The number of alkyl halides is 3. The number of rotatable bonds is 3. The number of nitrogens with zero attached hydrogens (tertiary/aromatic N) is 1. The molecule has 1 aliphatic rings. The van der Waals surface area contributed by atoms with Crippen LogP contribution in [0.5, 0.6) is 0 Å². The van der Waals surface area contributed by atoms with Crippen LogP contribution in [0.2, 0.25) is 0 Å². The Bertz CT molecular complexity index is 519. The largest absolute Gasteiger partial charge is 0.416 e. The van der Waals surface area contributed by atoms with Crippen LogP contribution in [0.3, 0.4) is 0 Å². The maximum atomic E-state index is 12.8. The highest BCUT2D eigenvalue weighted by atomic mass is 19.4. The van der Waals surface area contributed by atoms with Gasteiger partial charge in [-0.1, -0.05) is 12.1 Å². The minimum Gasteiger partial charge on any atom is -0.392 e. The summed E-state index contributed by atoms with van der Waals surface area (Å²) in [6.07, 6.45) is -4.73. The van der Waals surface area contributed by atoms with Crippen molar-refractivity contribution >= 4 is 5.91 Å². The molecule has 0 aromatic heterocycles. The van der Waals surface area contributed by atoms with Crippen LogP contribution in [-0.4, -0.2) is 42.2 Å². The standard InChI is InChI=1S/C14H17F3N2O2/c1-18-13(21)8-19-7-11(20)6-12(19)9-3-2-4-10(5-9)14(15,16)17/h2-5,11-12,20H,6-8H2,1H3,(H,18,21). The lowest BCUT2D eigenvalue weighted by molar-refractivity contribution is -0.137. The van der Waals surface area contributed by atoms with Gasteiger partial charge in [0.1, 0.15) is 0 Å². The number of aliphatic hydroxyl groups excluding tert-OH is 1. The van der Waals surface area contributed by atoms with E-state index in [9.17, 15) is 23.1 Å². The molecule has 0 radical (unpaired) electrons. The minimum atomic E-state index is -4.40. The Hall–Kier alpha value is -1.60. The topological polar surface area (TPSA) is 52.6 Å². The summed E-state index contributed by atoms with van der Waals surface area (Å²) in [5, 5.41) is 12.2. The molecule has 4 nitrogen and oxygen atoms in total. The fourth-order valence-corrected chi connectivity index (χ4v) is 2.59. The van der Waals surface area contributed by atoms with Crippen molar-refractivity contribution in [3.8, 4) is 0 Å². The third kappa shape index (κ3) is 3.74. The number of likely N-dealkylation sites (tertiary alicyclic amines) is 1. The van der Waals surface area contributed by atoms with Gasteiger partial charge in [0, 0.05) is 19.6 Å². The van der Waals surface area contributed by atoms with Crippen LogP contribution < -0.4 is 5.32 Å². The van der Waals surface area contributed by atoms with E-state index in [1.807, 2.05) is 0 Å². The average Bonchev–Trinajstić information content (AvgIpc) is 2.78. The number of halogens is 3. The lowest BCUT2D eigenvalue weighted by Crippen LogP contribution is -2.36. The number of amides is 1. The fraction of sp³-hybridized carbons (Fsp3) is 0.500. The van der Waals surface area contributed by atoms with Gasteiger partial charge in [-0.15, -0.1) is 0 Å². The summed E-state index contributed by atoms with van der Waals surface area (Å²) < 4.78 is 38.3. The molecule has 1 saturated heterocycles. The van der Waals surface area contributed by atoms with E-state index < -0.39 is 17.8 Å². The van der Waals surface area contributed by atoms with Gasteiger partial charge in [0.05, 0.1) is 18.2 Å². The van der Waals surface area contributed by atoms with E-state index in [4.69, 9.17) is 0 Å². The molecule has 1 amide bonds. The molecule has 1 aromatic rings. The van der Waals surface area contributed by atoms with Gasteiger partial charge in [0.25, 0.3) is 0 Å². The Labute approximate surface area is 120 Å². The molecular weight excluding hydrogens is 285 g/mol. The molecule has 1 aromatic carbocycles. The van der Waals surface area contributed by atoms with E-state index in [-0.39, 0.29) is 25.0 Å². The highest BCUT2D eigenvalue weighted by molar-refractivity contribution is 5.77. The number of benzene rings is 1. The fourth-order valence-electron chi connectivity index (χ4n) is 2.59. The van der Waals surface area contributed by atoms with Crippen LogP contribution in [0.25, 0.3) is 0 Å². The number of β-amino-alcohol motifs (C(OH)–C–C–N with tert-alkyl or cyclic N) is 1. The monoisotopic (exact) mass is 302 g/mol. The molecule has 21 heavy (non-hydrogen) atoms. The van der Waals surface area contributed by atoms with Gasteiger partial charge in [-0.2, -0.15) is 13.2 Å². The van der Waals surface area contributed by atoms with Crippen molar-refractivity contribution < 1.29 is 23.1 Å². The molecule has 1 aliphatic heterocycles. The molecule has 1 heterocycles. The Morgan fingerprint density at radius 3 is 2.81 bits per heavy atom. The molecule has 2 unspecified atom stereocenters. The Balaban J connectivity index is 2.24. The maximum Gasteiger partial charge on any atom is 0.416 e. The Kier molecular flexibility index (Phi) is 4.53. The molecule has 2 N–H and O–H groups in total. The zero-order valence-electron chi connectivity index (χ0n) is 11.5. The van der Waals surface area contributed by atoms with Crippen LogP contribution in [0, 0.1) is 0 Å². The molecule has 2 atom stereocenters. The number of nitrogens with one attached hydrogen (secondary N) is 1. The second-order valence-electron chi connectivity index (χ2n) is 5.13. The van der Waals surface area contributed by atoms with Gasteiger partial charge in [-0.3, -0.25) is 9.69 Å². The van der Waals surface area contributed by atoms with Crippen LogP contribution >= 0.6 is 0 Å². The minimum absolute atomic E-state index is 0.0501. The molecular formula is C14H17F3N2O2. The van der Waals surface area contributed by atoms with E-state index in [0.717, 1.165) is 12.1 Å². The van der Waals surface area contributed by atoms with E-state index in [0.29, 0.717) is 12.0 Å². The van der Waals surface area contributed by atoms with Crippen molar-refractivity contribution in [1.82, 2.24) is 10.2 Å². The summed E-state index contributed by atoms with van der Waals surface area (Å²) in [4.78, 5) is 13.2. The third-order valence-corrected chi connectivity index (χ3v) is 3.61. The summed E-state index contributed by atoms with van der Waals surface area (Å²) in [6, 6.07) is 4.65. The summed E-state index contributed by atoms with van der Waals surface area (Å²) >= 11 is 0. The van der Waals surface area contributed by atoms with Crippen molar-refractivity contribution in [2.24, 2.45) is 0 Å². The zero-order chi connectivity index (χ0) is 15.6. The number of aliphatic hydroxyl groups is 1. The first-order valence-electron chi connectivity index (χ1n) is 6.61.